The van der Waals surface area contributed by atoms with Crippen LogP contribution in [0.5, 0.6) is 0 Å². The summed E-state index contributed by atoms with van der Waals surface area (Å²) in [5, 5.41) is 2.49. The van der Waals surface area contributed by atoms with Gasteiger partial charge < -0.3 is 0 Å². The van der Waals surface area contributed by atoms with Gasteiger partial charge in [0.1, 0.15) is 5.82 Å². The highest BCUT2D eigenvalue weighted by Crippen LogP contribution is 2.24. The molecule has 1 heterocycles. The summed E-state index contributed by atoms with van der Waals surface area (Å²) in [5.74, 6) is -0.217. The van der Waals surface area contributed by atoms with Crippen LogP contribution in [0.4, 0.5) is 4.39 Å². The molecule has 0 N–H and O–H groups in total. The van der Waals surface area contributed by atoms with E-state index in [0.717, 1.165) is 16.3 Å². The van der Waals surface area contributed by atoms with Crippen LogP contribution in [-0.2, 0) is 0 Å². The predicted octanol–water partition coefficient (Wildman–Crippen LogP) is 3.53. The van der Waals surface area contributed by atoms with E-state index in [0.29, 0.717) is 5.39 Å². The molecule has 0 atom stereocenters. The van der Waals surface area contributed by atoms with Gasteiger partial charge in [-0.2, -0.15) is 0 Å². The molecular formula is C13H8FN. The van der Waals surface area contributed by atoms with E-state index in [-0.39, 0.29) is 5.82 Å². The van der Waals surface area contributed by atoms with Gasteiger partial charge in [-0.3, -0.25) is 4.98 Å². The van der Waals surface area contributed by atoms with Crippen molar-refractivity contribution in [3.05, 3.63) is 54.5 Å². The molecule has 3 aromatic rings. The molecule has 72 valence electrons. The molecule has 1 nitrogen and oxygen atoms in total. The molecular weight excluding hydrogens is 189 g/mol. The molecule has 15 heavy (non-hydrogen) atoms. The van der Waals surface area contributed by atoms with Crippen LogP contribution in [0.15, 0.2) is 48.7 Å². The van der Waals surface area contributed by atoms with E-state index in [2.05, 4.69) is 4.98 Å². The van der Waals surface area contributed by atoms with Gasteiger partial charge in [-0.1, -0.05) is 30.3 Å². The van der Waals surface area contributed by atoms with Crippen LogP contribution >= 0.6 is 0 Å². The number of hydrogen-bond donors (Lipinski definition) is 0. The van der Waals surface area contributed by atoms with E-state index in [1.807, 2.05) is 30.3 Å². The summed E-state index contributed by atoms with van der Waals surface area (Å²) in [5.41, 5.74) is 0.899. The van der Waals surface area contributed by atoms with Gasteiger partial charge in [0.05, 0.1) is 5.52 Å². The third-order valence-corrected chi connectivity index (χ3v) is 2.58. The lowest BCUT2D eigenvalue weighted by atomic mass is 10.1. The summed E-state index contributed by atoms with van der Waals surface area (Å²) in [4.78, 5) is 4.23. The van der Waals surface area contributed by atoms with Gasteiger partial charge in [-0.25, -0.2) is 4.39 Å². The standard InChI is InChI=1S/C13H8FN/c14-12-6-3-5-9-10-4-1-2-7-13(10)15-8-11(9)12/h1-8H. The first-order valence-electron chi connectivity index (χ1n) is 4.78. The Balaban J connectivity index is 2.60. The van der Waals surface area contributed by atoms with Gasteiger partial charge in [0.2, 0.25) is 0 Å². The third kappa shape index (κ3) is 1.18. The predicted molar refractivity (Wildman–Crippen MR) is 59.2 cm³/mol. The highest BCUT2D eigenvalue weighted by molar-refractivity contribution is 6.05. The molecule has 0 saturated carbocycles. The minimum atomic E-state index is -0.217. The minimum absolute atomic E-state index is 0.217. The van der Waals surface area contributed by atoms with Crippen molar-refractivity contribution in [1.29, 1.82) is 0 Å². The Labute approximate surface area is 86.2 Å². The zero-order valence-electron chi connectivity index (χ0n) is 7.94. The largest absolute Gasteiger partial charge is 0.255 e. The molecule has 0 bridgehead atoms. The number of nitrogens with zero attached hydrogens (tertiary/aromatic N) is 1. The molecule has 0 fully saturated rings. The summed E-state index contributed by atoms with van der Waals surface area (Å²) in [6.07, 6.45) is 1.59. The summed E-state index contributed by atoms with van der Waals surface area (Å²) in [6, 6.07) is 12.9. The molecule has 0 aliphatic carbocycles. The molecule has 0 aliphatic rings. The van der Waals surface area contributed by atoms with Crippen LogP contribution in [0.25, 0.3) is 21.7 Å². The fourth-order valence-electron chi connectivity index (χ4n) is 1.85. The SMILES string of the molecule is Fc1cccc2c1cnc1ccccc12. The number of pyridine rings is 1. The van der Waals surface area contributed by atoms with Crippen LogP contribution in [0.2, 0.25) is 0 Å². The fourth-order valence-corrected chi connectivity index (χ4v) is 1.85. The fraction of sp³-hybridized carbons (Fsp3) is 0. The van der Waals surface area contributed by atoms with Crippen LogP contribution in [0.3, 0.4) is 0 Å². The highest BCUT2D eigenvalue weighted by atomic mass is 19.1. The van der Waals surface area contributed by atoms with Crippen molar-refractivity contribution in [3.8, 4) is 0 Å². The van der Waals surface area contributed by atoms with Crippen molar-refractivity contribution in [2.45, 2.75) is 0 Å². The number of benzene rings is 2. The van der Waals surface area contributed by atoms with Gasteiger partial charge in [-0.15, -0.1) is 0 Å². The molecule has 0 amide bonds. The first kappa shape index (κ1) is 8.36. The average molecular weight is 197 g/mol. The van der Waals surface area contributed by atoms with Gasteiger partial charge in [0.15, 0.2) is 0 Å². The van der Waals surface area contributed by atoms with Gasteiger partial charge in [0.25, 0.3) is 0 Å². The average Bonchev–Trinajstić information content (AvgIpc) is 2.29. The topological polar surface area (TPSA) is 12.9 Å². The van der Waals surface area contributed by atoms with Crippen molar-refractivity contribution < 1.29 is 4.39 Å². The monoisotopic (exact) mass is 197 g/mol. The third-order valence-electron chi connectivity index (χ3n) is 2.58. The number of rotatable bonds is 0. The maximum atomic E-state index is 13.5. The summed E-state index contributed by atoms with van der Waals surface area (Å²) < 4.78 is 13.5. The van der Waals surface area contributed by atoms with Crippen molar-refractivity contribution in [1.82, 2.24) is 4.98 Å². The molecule has 0 aliphatic heterocycles. The second-order valence-corrected chi connectivity index (χ2v) is 3.48. The van der Waals surface area contributed by atoms with Crippen molar-refractivity contribution >= 4 is 21.7 Å². The molecule has 1 aromatic heterocycles. The molecule has 3 rings (SSSR count). The maximum absolute atomic E-state index is 13.5. The Kier molecular flexibility index (Phi) is 1.68. The van der Waals surface area contributed by atoms with E-state index in [1.54, 1.807) is 12.3 Å². The molecule has 0 saturated heterocycles. The van der Waals surface area contributed by atoms with Crippen LogP contribution in [-0.4, -0.2) is 4.98 Å². The lowest BCUT2D eigenvalue weighted by Crippen LogP contribution is -1.84. The van der Waals surface area contributed by atoms with Crippen molar-refractivity contribution in [3.63, 3.8) is 0 Å². The zero-order valence-corrected chi connectivity index (χ0v) is 7.94. The second kappa shape index (κ2) is 3.02. The summed E-state index contributed by atoms with van der Waals surface area (Å²) >= 11 is 0. The minimum Gasteiger partial charge on any atom is -0.255 e. The van der Waals surface area contributed by atoms with Gasteiger partial charge >= 0.3 is 0 Å². The number of aromatic nitrogens is 1. The van der Waals surface area contributed by atoms with Crippen LogP contribution in [0, 0.1) is 5.82 Å². The first-order chi connectivity index (χ1) is 7.36. The van der Waals surface area contributed by atoms with E-state index < -0.39 is 0 Å². The quantitative estimate of drug-likeness (QED) is 0.502. The lowest BCUT2D eigenvalue weighted by Gasteiger charge is -2.02. The van der Waals surface area contributed by atoms with Crippen molar-refractivity contribution in [2.75, 3.05) is 0 Å². The second-order valence-electron chi connectivity index (χ2n) is 3.48. The first-order valence-corrected chi connectivity index (χ1v) is 4.78. The van der Waals surface area contributed by atoms with E-state index in [4.69, 9.17) is 0 Å². The zero-order chi connectivity index (χ0) is 10.3. The van der Waals surface area contributed by atoms with Crippen LogP contribution < -0.4 is 0 Å². The summed E-state index contributed by atoms with van der Waals surface area (Å²) in [7, 11) is 0. The van der Waals surface area contributed by atoms with E-state index in [9.17, 15) is 4.39 Å². The highest BCUT2D eigenvalue weighted by Gasteiger charge is 2.03. The summed E-state index contributed by atoms with van der Waals surface area (Å²) in [6.45, 7) is 0. The van der Waals surface area contributed by atoms with Gasteiger partial charge in [0, 0.05) is 17.0 Å². The molecule has 2 heteroatoms. The molecule has 0 unspecified atom stereocenters. The normalized spacial score (nSPS) is 11.0. The Hall–Kier alpha value is -1.96. The maximum Gasteiger partial charge on any atom is 0.132 e. The number of para-hydroxylation sites is 1. The number of fused-ring (bicyclic) bond motifs is 3. The van der Waals surface area contributed by atoms with Crippen LogP contribution in [0.1, 0.15) is 0 Å². The Morgan fingerprint density at radius 2 is 1.60 bits per heavy atom. The smallest absolute Gasteiger partial charge is 0.132 e. The Morgan fingerprint density at radius 1 is 0.800 bits per heavy atom. The molecule has 2 aromatic carbocycles. The number of halogens is 1. The Morgan fingerprint density at radius 3 is 2.53 bits per heavy atom. The lowest BCUT2D eigenvalue weighted by molar-refractivity contribution is 0.639. The van der Waals surface area contributed by atoms with Gasteiger partial charge in [-0.05, 0) is 17.5 Å². The molecule has 0 radical (unpaired) electrons. The van der Waals surface area contributed by atoms with Crippen molar-refractivity contribution in [2.24, 2.45) is 0 Å². The van der Waals surface area contributed by atoms with E-state index >= 15 is 0 Å². The van der Waals surface area contributed by atoms with E-state index in [1.165, 1.54) is 6.07 Å². The number of hydrogen-bond acceptors (Lipinski definition) is 1. The Bertz CT molecular complexity index is 646. The molecule has 0 spiro atoms.